The Morgan fingerprint density at radius 2 is 1.79 bits per heavy atom. The molecule has 1 aliphatic heterocycles. The average molecular weight is 332 g/mol. The fraction of sp³-hybridized carbons (Fsp3) is 0.579. The topological polar surface area (TPSA) is 49.9 Å². The summed E-state index contributed by atoms with van der Waals surface area (Å²) in [6.07, 6.45) is 1.16. The van der Waals surface area contributed by atoms with E-state index in [0.717, 1.165) is 24.3 Å². The lowest BCUT2D eigenvalue weighted by Gasteiger charge is -2.22. The maximum absolute atomic E-state index is 12.7. The highest BCUT2D eigenvalue weighted by atomic mass is 16.5. The second kappa shape index (κ2) is 8.18. The third kappa shape index (κ3) is 4.49. The molecule has 0 unspecified atom stereocenters. The summed E-state index contributed by atoms with van der Waals surface area (Å²) < 4.78 is 5.47. The summed E-state index contributed by atoms with van der Waals surface area (Å²) in [6, 6.07) is 6.08. The highest BCUT2D eigenvalue weighted by Crippen LogP contribution is 2.25. The molecule has 0 atom stereocenters. The zero-order valence-corrected chi connectivity index (χ0v) is 15.2. The Kier molecular flexibility index (Phi) is 6.23. The summed E-state index contributed by atoms with van der Waals surface area (Å²) in [6.45, 7) is 8.50. The van der Waals surface area contributed by atoms with E-state index >= 15 is 0 Å². The number of nitrogens with zero attached hydrogens (tertiary/aromatic N) is 2. The maximum Gasteiger partial charge on any atom is 0.227 e. The monoisotopic (exact) mass is 332 g/mol. The third-order valence-corrected chi connectivity index (χ3v) is 4.61. The van der Waals surface area contributed by atoms with Crippen LogP contribution in [0.5, 0.6) is 5.75 Å². The van der Waals surface area contributed by atoms with Crippen molar-refractivity contribution in [3.8, 4) is 5.75 Å². The van der Waals surface area contributed by atoms with Gasteiger partial charge in [0.05, 0.1) is 13.5 Å². The van der Waals surface area contributed by atoms with Gasteiger partial charge in [-0.25, -0.2) is 0 Å². The molecule has 132 valence electrons. The molecule has 1 aliphatic rings. The highest BCUT2D eigenvalue weighted by Gasteiger charge is 2.21. The standard InChI is InChI=1S/C19H28N2O3/c1-14(2)16-6-7-17(18(12-16)24-4)13-19(23)21-9-5-8-20(10-11-21)15(3)22/h6-7,12,14H,5,8-11,13H2,1-4H3. The van der Waals surface area contributed by atoms with E-state index in [0.29, 0.717) is 32.0 Å². The first-order valence-corrected chi connectivity index (χ1v) is 8.62. The van der Waals surface area contributed by atoms with Gasteiger partial charge in [0.15, 0.2) is 0 Å². The van der Waals surface area contributed by atoms with Crippen molar-refractivity contribution in [2.24, 2.45) is 0 Å². The fourth-order valence-electron chi connectivity index (χ4n) is 3.02. The summed E-state index contributed by atoms with van der Waals surface area (Å²) >= 11 is 0. The molecule has 0 aliphatic carbocycles. The number of amides is 2. The minimum absolute atomic E-state index is 0.0789. The van der Waals surface area contributed by atoms with E-state index in [-0.39, 0.29) is 11.8 Å². The number of hydrogen-bond acceptors (Lipinski definition) is 3. The molecule has 0 spiro atoms. The molecule has 2 rings (SSSR count). The van der Waals surface area contributed by atoms with Crippen LogP contribution in [0.3, 0.4) is 0 Å². The van der Waals surface area contributed by atoms with Crippen LogP contribution in [0, 0.1) is 0 Å². The maximum atomic E-state index is 12.7. The van der Waals surface area contributed by atoms with Gasteiger partial charge in [-0.1, -0.05) is 26.0 Å². The molecule has 5 nitrogen and oxygen atoms in total. The number of benzene rings is 1. The van der Waals surface area contributed by atoms with Crippen LogP contribution in [0.1, 0.15) is 44.2 Å². The molecule has 1 fully saturated rings. The van der Waals surface area contributed by atoms with Gasteiger partial charge in [0, 0.05) is 38.7 Å². The quantitative estimate of drug-likeness (QED) is 0.851. The molecule has 5 heteroatoms. The Morgan fingerprint density at radius 1 is 1.12 bits per heavy atom. The first-order valence-electron chi connectivity index (χ1n) is 8.62. The van der Waals surface area contributed by atoms with Crippen LogP contribution in [0.2, 0.25) is 0 Å². The van der Waals surface area contributed by atoms with Gasteiger partial charge in [-0.05, 0) is 24.0 Å². The van der Waals surface area contributed by atoms with Crippen LogP contribution in [0.25, 0.3) is 0 Å². The predicted molar refractivity (Wildman–Crippen MR) is 94.2 cm³/mol. The molecule has 1 aromatic rings. The normalized spacial score (nSPS) is 15.4. The van der Waals surface area contributed by atoms with Gasteiger partial charge in [-0.15, -0.1) is 0 Å². The van der Waals surface area contributed by atoms with E-state index in [4.69, 9.17) is 4.74 Å². The Labute approximate surface area is 144 Å². The van der Waals surface area contributed by atoms with E-state index in [2.05, 4.69) is 19.9 Å². The van der Waals surface area contributed by atoms with Crippen molar-refractivity contribution < 1.29 is 14.3 Å². The molecule has 0 N–H and O–H groups in total. The van der Waals surface area contributed by atoms with Gasteiger partial charge in [0.1, 0.15) is 5.75 Å². The van der Waals surface area contributed by atoms with Crippen LogP contribution >= 0.6 is 0 Å². The lowest BCUT2D eigenvalue weighted by atomic mass is 9.99. The highest BCUT2D eigenvalue weighted by molar-refractivity contribution is 5.80. The summed E-state index contributed by atoms with van der Waals surface area (Å²) in [5, 5.41) is 0. The second-order valence-electron chi connectivity index (χ2n) is 6.64. The second-order valence-corrected chi connectivity index (χ2v) is 6.64. The average Bonchev–Trinajstić information content (AvgIpc) is 2.81. The Balaban J connectivity index is 2.05. The molecule has 0 saturated carbocycles. The smallest absolute Gasteiger partial charge is 0.227 e. The van der Waals surface area contributed by atoms with Crippen molar-refractivity contribution in [3.05, 3.63) is 29.3 Å². The first-order chi connectivity index (χ1) is 11.4. The van der Waals surface area contributed by atoms with Crippen molar-refractivity contribution in [1.29, 1.82) is 0 Å². The molecule has 0 aromatic heterocycles. The SMILES string of the molecule is COc1cc(C(C)C)ccc1CC(=O)N1CCCN(C(C)=O)CC1. The number of hydrogen-bond donors (Lipinski definition) is 0. The summed E-state index contributed by atoms with van der Waals surface area (Å²) in [7, 11) is 1.64. The van der Waals surface area contributed by atoms with Crippen molar-refractivity contribution in [3.63, 3.8) is 0 Å². The van der Waals surface area contributed by atoms with Crippen molar-refractivity contribution >= 4 is 11.8 Å². The van der Waals surface area contributed by atoms with Gasteiger partial charge in [-0.3, -0.25) is 9.59 Å². The first kappa shape index (κ1) is 18.3. The summed E-state index contributed by atoms with van der Waals surface area (Å²) in [5.41, 5.74) is 2.12. The van der Waals surface area contributed by atoms with Crippen LogP contribution < -0.4 is 4.74 Å². The molecule has 24 heavy (non-hydrogen) atoms. The van der Waals surface area contributed by atoms with Crippen LogP contribution in [-0.4, -0.2) is 54.9 Å². The molecule has 0 bridgehead atoms. The summed E-state index contributed by atoms with van der Waals surface area (Å²) in [5.74, 6) is 1.37. The minimum Gasteiger partial charge on any atom is -0.496 e. The fourth-order valence-corrected chi connectivity index (χ4v) is 3.02. The molecular weight excluding hydrogens is 304 g/mol. The number of carbonyl (C=O) groups is 2. The Bertz CT molecular complexity index is 598. The molecule has 1 aromatic carbocycles. The van der Waals surface area contributed by atoms with E-state index in [1.54, 1.807) is 14.0 Å². The minimum atomic E-state index is 0.0789. The number of rotatable bonds is 4. The molecule has 0 radical (unpaired) electrons. The van der Waals surface area contributed by atoms with Gasteiger partial charge in [0.2, 0.25) is 11.8 Å². The number of ether oxygens (including phenoxy) is 1. The van der Waals surface area contributed by atoms with Crippen molar-refractivity contribution in [1.82, 2.24) is 9.80 Å². The van der Waals surface area contributed by atoms with Crippen LogP contribution in [0.15, 0.2) is 18.2 Å². The molecular formula is C19H28N2O3. The van der Waals surface area contributed by atoms with E-state index in [9.17, 15) is 9.59 Å². The third-order valence-electron chi connectivity index (χ3n) is 4.61. The lowest BCUT2D eigenvalue weighted by molar-refractivity contribution is -0.132. The van der Waals surface area contributed by atoms with Crippen LogP contribution in [0.4, 0.5) is 0 Å². The Morgan fingerprint density at radius 3 is 2.42 bits per heavy atom. The lowest BCUT2D eigenvalue weighted by Crippen LogP contribution is -2.37. The summed E-state index contributed by atoms with van der Waals surface area (Å²) in [4.78, 5) is 27.8. The van der Waals surface area contributed by atoms with Gasteiger partial charge in [0.25, 0.3) is 0 Å². The van der Waals surface area contributed by atoms with E-state index < -0.39 is 0 Å². The molecule has 2 amide bonds. The van der Waals surface area contributed by atoms with E-state index in [1.165, 1.54) is 5.56 Å². The molecule has 1 saturated heterocycles. The molecule has 1 heterocycles. The van der Waals surface area contributed by atoms with Gasteiger partial charge in [-0.2, -0.15) is 0 Å². The predicted octanol–water partition coefficient (Wildman–Crippen LogP) is 2.44. The van der Waals surface area contributed by atoms with Crippen molar-refractivity contribution in [2.75, 3.05) is 33.3 Å². The van der Waals surface area contributed by atoms with Crippen LogP contribution in [-0.2, 0) is 16.0 Å². The van der Waals surface area contributed by atoms with Crippen molar-refractivity contribution in [2.45, 2.75) is 39.5 Å². The van der Waals surface area contributed by atoms with Gasteiger partial charge >= 0.3 is 0 Å². The number of methoxy groups -OCH3 is 1. The zero-order valence-electron chi connectivity index (χ0n) is 15.2. The Hall–Kier alpha value is -2.04. The van der Waals surface area contributed by atoms with E-state index in [1.807, 2.05) is 21.9 Å². The largest absolute Gasteiger partial charge is 0.496 e. The number of carbonyl (C=O) groups excluding carboxylic acids is 2. The van der Waals surface area contributed by atoms with Gasteiger partial charge < -0.3 is 14.5 Å². The zero-order chi connectivity index (χ0) is 17.7.